The summed E-state index contributed by atoms with van der Waals surface area (Å²) in [6, 6.07) is 14.7. The van der Waals surface area contributed by atoms with Crippen molar-refractivity contribution in [2.45, 2.75) is 33.2 Å². The Hall–Kier alpha value is -2.17. The Morgan fingerprint density at radius 3 is 2.50 bits per heavy atom. The molecule has 1 N–H and O–H groups in total. The summed E-state index contributed by atoms with van der Waals surface area (Å²) >= 11 is 6.40. The van der Waals surface area contributed by atoms with Gasteiger partial charge in [-0.05, 0) is 50.1 Å². The van der Waals surface area contributed by atoms with Crippen molar-refractivity contribution in [2.24, 2.45) is 5.92 Å². The molecule has 0 aliphatic heterocycles. The van der Waals surface area contributed by atoms with Crippen LogP contribution in [0, 0.1) is 5.92 Å². The van der Waals surface area contributed by atoms with E-state index in [0.717, 1.165) is 13.0 Å². The predicted molar refractivity (Wildman–Crippen MR) is 108 cm³/mol. The largest absolute Gasteiger partial charge is 0.308 e. The Morgan fingerprint density at radius 2 is 1.77 bits per heavy atom. The third-order valence-corrected chi connectivity index (χ3v) is 4.77. The van der Waals surface area contributed by atoms with Crippen molar-refractivity contribution in [3.63, 3.8) is 0 Å². The van der Waals surface area contributed by atoms with Crippen LogP contribution >= 0.6 is 11.6 Å². The summed E-state index contributed by atoms with van der Waals surface area (Å²) in [7, 11) is 0. The van der Waals surface area contributed by atoms with E-state index in [9.17, 15) is 4.79 Å². The lowest BCUT2D eigenvalue weighted by molar-refractivity contribution is 0.479. The first-order chi connectivity index (χ1) is 12.5. The third kappa shape index (κ3) is 3.81. The molecule has 3 aromatic rings. The molecular formula is C21H24ClN3O. The second-order valence-corrected chi connectivity index (χ2v) is 7.34. The molecule has 0 radical (unpaired) electrons. The Morgan fingerprint density at radius 1 is 1.08 bits per heavy atom. The molecule has 1 aromatic heterocycles. The van der Waals surface area contributed by atoms with Gasteiger partial charge in [-0.2, -0.15) is 0 Å². The molecule has 0 saturated carbocycles. The van der Waals surface area contributed by atoms with Crippen molar-refractivity contribution in [3.8, 4) is 5.69 Å². The number of nitrogens with zero attached hydrogens (tertiary/aromatic N) is 2. The topological polar surface area (TPSA) is 46.9 Å². The molecule has 1 unspecified atom stereocenters. The fourth-order valence-electron chi connectivity index (χ4n) is 2.99. The van der Waals surface area contributed by atoms with Gasteiger partial charge in [-0.25, -0.2) is 4.98 Å². The van der Waals surface area contributed by atoms with Crippen LogP contribution in [0.2, 0.25) is 5.02 Å². The van der Waals surface area contributed by atoms with Crippen molar-refractivity contribution < 1.29 is 0 Å². The Labute approximate surface area is 158 Å². The highest BCUT2D eigenvalue weighted by Crippen LogP contribution is 2.23. The number of rotatable bonds is 6. The minimum absolute atomic E-state index is 0.0812. The lowest BCUT2D eigenvalue weighted by Gasteiger charge is -2.20. The van der Waals surface area contributed by atoms with Crippen molar-refractivity contribution in [3.05, 3.63) is 69.7 Å². The molecule has 0 aliphatic carbocycles. The second kappa shape index (κ2) is 8.02. The summed E-state index contributed by atoms with van der Waals surface area (Å²) in [6.45, 7) is 7.29. The highest BCUT2D eigenvalue weighted by Gasteiger charge is 2.19. The summed E-state index contributed by atoms with van der Waals surface area (Å²) in [5, 5.41) is 4.60. The quantitative estimate of drug-likeness (QED) is 0.682. The fourth-order valence-corrected chi connectivity index (χ4v) is 3.21. The van der Waals surface area contributed by atoms with E-state index >= 15 is 0 Å². The molecule has 0 aliphatic rings. The van der Waals surface area contributed by atoms with Gasteiger partial charge >= 0.3 is 0 Å². The van der Waals surface area contributed by atoms with Crippen LogP contribution < -0.4 is 10.9 Å². The normalized spacial score (nSPS) is 12.7. The van der Waals surface area contributed by atoms with Crippen molar-refractivity contribution in [1.82, 2.24) is 14.9 Å². The van der Waals surface area contributed by atoms with Gasteiger partial charge in [0, 0.05) is 0 Å². The smallest absolute Gasteiger partial charge is 0.266 e. The van der Waals surface area contributed by atoms with Crippen LogP contribution in [-0.2, 0) is 0 Å². The number of halogens is 1. The molecule has 0 amide bonds. The van der Waals surface area contributed by atoms with Crippen LogP contribution in [0.25, 0.3) is 16.6 Å². The molecule has 26 heavy (non-hydrogen) atoms. The minimum atomic E-state index is -0.101. The first-order valence-corrected chi connectivity index (χ1v) is 9.37. The van der Waals surface area contributed by atoms with Crippen molar-refractivity contribution in [1.29, 1.82) is 0 Å². The zero-order valence-corrected chi connectivity index (χ0v) is 16.1. The summed E-state index contributed by atoms with van der Waals surface area (Å²) < 4.78 is 1.64. The second-order valence-electron chi connectivity index (χ2n) is 6.94. The van der Waals surface area contributed by atoms with Gasteiger partial charge in [0.1, 0.15) is 5.82 Å². The lowest BCUT2D eigenvalue weighted by Crippen LogP contribution is -2.31. The fraction of sp³-hybridized carbons (Fsp3) is 0.333. The summed E-state index contributed by atoms with van der Waals surface area (Å²) in [6.07, 6.45) is 1.06. The van der Waals surface area contributed by atoms with Gasteiger partial charge in [0.05, 0.1) is 27.7 Å². The van der Waals surface area contributed by atoms with Crippen LogP contribution in [0.5, 0.6) is 0 Å². The zero-order valence-electron chi connectivity index (χ0n) is 15.4. The number of hydrogen-bond donors (Lipinski definition) is 1. The summed E-state index contributed by atoms with van der Waals surface area (Å²) in [4.78, 5) is 18.0. The molecule has 3 rings (SSSR count). The van der Waals surface area contributed by atoms with E-state index in [4.69, 9.17) is 16.6 Å². The van der Waals surface area contributed by atoms with Gasteiger partial charge in [0.25, 0.3) is 5.56 Å². The Kier molecular flexibility index (Phi) is 5.74. The predicted octanol–water partition coefficient (Wildman–Crippen LogP) is 4.74. The van der Waals surface area contributed by atoms with Crippen LogP contribution in [0.1, 0.15) is 39.1 Å². The van der Waals surface area contributed by atoms with Gasteiger partial charge < -0.3 is 5.32 Å². The molecule has 1 heterocycles. The van der Waals surface area contributed by atoms with E-state index < -0.39 is 0 Å². The first kappa shape index (κ1) is 18.6. The van der Waals surface area contributed by atoms with Gasteiger partial charge in [-0.1, -0.05) is 49.7 Å². The number of fused-ring (bicyclic) bond motifs is 1. The Bertz CT molecular complexity index is 965. The van der Waals surface area contributed by atoms with Gasteiger partial charge in [0.15, 0.2) is 0 Å². The van der Waals surface area contributed by atoms with Crippen molar-refractivity contribution in [2.75, 3.05) is 6.54 Å². The highest BCUT2D eigenvalue weighted by molar-refractivity contribution is 6.32. The maximum absolute atomic E-state index is 13.2. The lowest BCUT2D eigenvalue weighted by atomic mass is 10.1. The van der Waals surface area contributed by atoms with E-state index in [1.165, 1.54) is 0 Å². The summed E-state index contributed by atoms with van der Waals surface area (Å²) in [5.41, 5.74) is 1.26. The molecule has 0 fully saturated rings. The number of para-hydroxylation sites is 2. The number of hydrogen-bond acceptors (Lipinski definition) is 3. The standard InChI is InChI=1S/C21H24ClN3O/c1-14(2)12-13-23-15(3)20-24-18-10-6-4-8-16(18)21(26)25(20)19-11-7-5-9-17(19)22/h4-11,14-15,23H,12-13H2,1-3H3. The first-order valence-electron chi connectivity index (χ1n) is 8.99. The van der Waals surface area contributed by atoms with E-state index in [0.29, 0.717) is 33.4 Å². The number of nitrogens with one attached hydrogen (secondary N) is 1. The van der Waals surface area contributed by atoms with E-state index in [-0.39, 0.29) is 11.6 Å². The SMILES string of the molecule is CC(C)CCNC(C)c1nc2ccccc2c(=O)n1-c1ccccc1Cl. The molecule has 2 aromatic carbocycles. The van der Waals surface area contributed by atoms with Gasteiger partial charge in [-0.3, -0.25) is 9.36 Å². The van der Waals surface area contributed by atoms with Crippen LogP contribution in [-0.4, -0.2) is 16.1 Å². The van der Waals surface area contributed by atoms with Gasteiger partial charge in [-0.15, -0.1) is 0 Å². The van der Waals surface area contributed by atoms with E-state index in [1.54, 1.807) is 16.7 Å². The van der Waals surface area contributed by atoms with Gasteiger partial charge in [0.2, 0.25) is 0 Å². The monoisotopic (exact) mass is 369 g/mol. The molecule has 136 valence electrons. The highest BCUT2D eigenvalue weighted by atomic mass is 35.5. The number of aromatic nitrogens is 2. The molecule has 1 atom stereocenters. The van der Waals surface area contributed by atoms with E-state index in [1.807, 2.05) is 43.3 Å². The molecule has 0 bridgehead atoms. The average Bonchev–Trinajstić information content (AvgIpc) is 2.62. The Balaban J connectivity index is 2.15. The molecule has 4 nitrogen and oxygen atoms in total. The van der Waals surface area contributed by atoms with E-state index in [2.05, 4.69) is 19.2 Å². The molecule has 0 spiro atoms. The molecule has 0 saturated heterocycles. The maximum Gasteiger partial charge on any atom is 0.266 e. The van der Waals surface area contributed by atoms with Crippen LogP contribution in [0.3, 0.4) is 0 Å². The maximum atomic E-state index is 13.2. The number of benzene rings is 2. The van der Waals surface area contributed by atoms with Crippen molar-refractivity contribution >= 4 is 22.5 Å². The van der Waals surface area contributed by atoms with Crippen LogP contribution in [0.4, 0.5) is 0 Å². The van der Waals surface area contributed by atoms with Crippen LogP contribution in [0.15, 0.2) is 53.3 Å². The average molecular weight is 370 g/mol. The zero-order chi connectivity index (χ0) is 18.7. The third-order valence-electron chi connectivity index (χ3n) is 4.45. The summed E-state index contributed by atoms with van der Waals surface area (Å²) in [5.74, 6) is 1.29. The minimum Gasteiger partial charge on any atom is -0.308 e. The molecular weight excluding hydrogens is 346 g/mol. The molecule has 5 heteroatoms.